The van der Waals surface area contributed by atoms with Gasteiger partial charge in [0, 0.05) is 22.7 Å². The van der Waals surface area contributed by atoms with Crippen molar-refractivity contribution < 1.29 is 14.3 Å². The molecule has 0 saturated carbocycles. The molecule has 4 rings (SSSR count). The molecule has 3 aromatic carbocycles. The number of carbonyl (C=O) groups excluding carboxylic acids is 2. The number of aromatic amines is 1. The van der Waals surface area contributed by atoms with Gasteiger partial charge in [-0.25, -0.2) is 0 Å². The largest absolute Gasteiger partial charge is 0.457 e. The molecule has 6 nitrogen and oxygen atoms in total. The molecule has 0 radical (unpaired) electrons. The number of para-hydroxylation sites is 2. The molecule has 144 valence electrons. The van der Waals surface area contributed by atoms with Crippen LogP contribution in [0.4, 0.5) is 0 Å². The molecular formula is C23H19N3O3. The second kappa shape index (κ2) is 8.31. The highest BCUT2D eigenvalue weighted by molar-refractivity contribution is 5.96. The van der Waals surface area contributed by atoms with Crippen molar-refractivity contribution in [2.75, 3.05) is 0 Å². The Balaban J connectivity index is 1.35. The maximum Gasteiger partial charge on any atom is 0.269 e. The first-order chi connectivity index (χ1) is 14.2. The molecule has 1 aromatic heterocycles. The number of benzene rings is 3. The molecule has 6 heteroatoms. The van der Waals surface area contributed by atoms with E-state index in [1.54, 1.807) is 30.5 Å². The summed E-state index contributed by atoms with van der Waals surface area (Å²) in [4.78, 5) is 27.7. The zero-order chi connectivity index (χ0) is 20.1. The Kier molecular flexibility index (Phi) is 5.25. The zero-order valence-electron chi connectivity index (χ0n) is 15.5. The van der Waals surface area contributed by atoms with Gasteiger partial charge in [0.1, 0.15) is 11.5 Å². The number of H-pyrrole nitrogens is 1. The molecule has 0 unspecified atom stereocenters. The predicted molar refractivity (Wildman–Crippen MR) is 111 cm³/mol. The average Bonchev–Trinajstić information content (AvgIpc) is 3.16. The summed E-state index contributed by atoms with van der Waals surface area (Å²) in [5.74, 6) is 0.488. The third-order valence-electron chi connectivity index (χ3n) is 4.42. The van der Waals surface area contributed by atoms with Gasteiger partial charge in [0.25, 0.3) is 5.91 Å². The molecule has 2 amide bonds. The van der Waals surface area contributed by atoms with Crippen LogP contribution in [0.25, 0.3) is 10.9 Å². The van der Waals surface area contributed by atoms with E-state index in [4.69, 9.17) is 4.74 Å². The van der Waals surface area contributed by atoms with E-state index < -0.39 is 5.91 Å². The van der Waals surface area contributed by atoms with Gasteiger partial charge in [-0.3, -0.25) is 20.4 Å². The van der Waals surface area contributed by atoms with E-state index >= 15 is 0 Å². The first kappa shape index (κ1) is 18.3. The van der Waals surface area contributed by atoms with Crippen LogP contribution >= 0.6 is 0 Å². The molecule has 0 aliphatic heterocycles. The normalized spacial score (nSPS) is 10.5. The van der Waals surface area contributed by atoms with Gasteiger partial charge >= 0.3 is 0 Å². The number of hydrogen-bond donors (Lipinski definition) is 3. The van der Waals surface area contributed by atoms with E-state index in [1.807, 2.05) is 54.6 Å². The summed E-state index contributed by atoms with van der Waals surface area (Å²) in [6.45, 7) is 0. The Bertz CT molecular complexity index is 1150. The quantitative estimate of drug-likeness (QED) is 0.455. The standard InChI is InChI=1S/C23H19N3O3/c27-22(14-17-15-24-21-12-5-4-11-20(17)21)25-26-23(28)16-7-6-10-19(13-16)29-18-8-2-1-3-9-18/h1-13,15,24H,14H2,(H,25,27)(H,26,28). The summed E-state index contributed by atoms with van der Waals surface area (Å²) in [6.07, 6.45) is 1.96. The smallest absolute Gasteiger partial charge is 0.269 e. The third-order valence-corrected chi connectivity index (χ3v) is 4.42. The van der Waals surface area contributed by atoms with E-state index in [0.717, 1.165) is 16.5 Å². The molecule has 0 aliphatic rings. The number of nitrogens with one attached hydrogen (secondary N) is 3. The van der Waals surface area contributed by atoms with Crippen LogP contribution in [0.5, 0.6) is 11.5 Å². The second-order valence-corrected chi connectivity index (χ2v) is 6.48. The van der Waals surface area contributed by atoms with Crippen LogP contribution in [-0.4, -0.2) is 16.8 Å². The fourth-order valence-electron chi connectivity index (χ4n) is 3.02. The second-order valence-electron chi connectivity index (χ2n) is 6.48. The maximum absolute atomic E-state index is 12.4. The van der Waals surface area contributed by atoms with Crippen LogP contribution in [0.1, 0.15) is 15.9 Å². The molecule has 0 atom stereocenters. The number of ether oxygens (including phenoxy) is 1. The molecule has 0 spiro atoms. The van der Waals surface area contributed by atoms with Crippen molar-refractivity contribution in [2.24, 2.45) is 0 Å². The van der Waals surface area contributed by atoms with E-state index in [0.29, 0.717) is 17.1 Å². The predicted octanol–water partition coefficient (Wildman–Crippen LogP) is 3.96. The number of hydrogen-bond acceptors (Lipinski definition) is 3. The first-order valence-corrected chi connectivity index (χ1v) is 9.16. The Morgan fingerprint density at radius 1 is 0.828 bits per heavy atom. The Labute approximate surface area is 167 Å². The maximum atomic E-state index is 12.4. The first-order valence-electron chi connectivity index (χ1n) is 9.16. The average molecular weight is 385 g/mol. The van der Waals surface area contributed by atoms with E-state index in [-0.39, 0.29) is 12.3 Å². The van der Waals surface area contributed by atoms with Crippen LogP contribution in [0.3, 0.4) is 0 Å². The van der Waals surface area contributed by atoms with E-state index in [1.165, 1.54) is 0 Å². The van der Waals surface area contributed by atoms with Gasteiger partial charge in [0.2, 0.25) is 5.91 Å². The van der Waals surface area contributed by atoms with Gasteiger partial charge in [-0.1, -0.05) is 42.5 Å². The van der Waals surface area contributed by atoms with Gasteiger partial charge in [0.05, 0.1) is 6.42 Å². The summed E-state index contributed by atoms with van der Waals surface area (Å²) in [5.41, 5.74) is 7.12. The molecule has 29 heavy (non-hydrogen) atoms. The van der Waals surface area contributed by atoms with Crippen molar-refractivity contribution in [1.29, 1.82) is 0 Å². The minimum Gasteiger partial charge on any atom is -0.457 e. The summed E-state index contributed by atoms with van der Waals surface area (Å²) in [7, 11) is 0. The fourth-order valence-corrected chi connectivity index (χ4v) is 3.02. The Hall–Kier alpha value is -4.06. The van der Waals surface area contributed by atoms with Crippen LogP contribution in [0.15, 0.2) is 85.1 Å². The van der Waals surface area contributed by atoms with Crippen molar-refractivity contribution in [1.82, 2.24) is 15.8 Å². The molecule has 1 heterocycles. The summed E-state index contributed by atoms with van der Waals surface area (Å²) in [5, 5.41) is 0.986. The lowest BCUT2D eigenvalue weighted by Crippen LogP contribution is -2.42. The molecular weight excluding hydrogens is 366 g/mol. The van der Waals surface area contributed by atoms with E-state index in [9.17, 15) is 9.59 Å². The highest BCUT2D eigenvalue weighted by atomic mass is 16.5. The summed E-state index contributed by atoms with van der Waals surface area (Å²) < 4.78 is 5.73. The highest BCUT2D eigenvalue weighted by Crippen LogP contribution is 2.22. The number of fused-ring (bicyclic) bond motifs is 1. The molecule has 0 aliphatic carbocycles. The van der Waals surface area contributed by atoms with Crippen LogP contribution in [-0.2, 0) is 11.2 Å². The Morgan fingerprint density at radius 2 is 1.59 bits per heavy atom. The highest BCUT2D eigenvalue weighted by Gasteiger charge is 2.11. The van der Waals surface area contributed by atoms with Crippen molar-refractivity contribution in [3.63, 3.8) is 0 Å². The number of aromatic nitrogens is 1. The lowest BCUT2D eigenvalue weighted by Gasteiger charge is -2.09. The summed E-state index contributed by atoms with van der Waals surface area (Å²) >= 11 is 0. The van der Waals surface area contributed by atoms with Gasteiger partial charge in [-0.2, -0.15) is 0 Å². The van der Waals surface area contributed by atoms with Crippen molar-refractivity contribution in [3.8, 4) is 11.5 Å². The molecule has 3 N–H and O–H groups in total. The lowest BCUT2D eigenvalue weighted by atomic mass is 10.1. The SMILES string of the molecule is O=C(Cc1c[nH]c2ccccc12)NNC(=O)c1cccc(Oc2ccccc2)c1. The van der Waals surface area contributed by atoms with Crippen LogP contribution in [0.2, 0.25) is 0 Å². The number of rotatable bonds is 5. The topological polar surface area (TPSA) is 83.2 Å². The van der Waals surface area contributed by atoms with E-state index in [2.05, 4.69) is 15.8 Å². The monoisotopic (exact) mass is 385 g/mol. The molecule has 0 bridgehead atoms. The minimum absolute atomic E-state index is 0.154. The fraction of sp³-hybridized carbons (Fsp3) is 0.0435. The lowest BCUT2D eigenvalue weighted by molar-refractivity contribution is -0.121. The molecule has 0 saturated heterocycles. The minimum atomic E-state index is -0.421. The number of hydrazine groups is 1. The van der Waals surface area contributed by atoms with Crippen molar-refractivity contribution in [3.05, 3.63) is 96.2 Å². The van der Waals surface area contributed by atoms with Crippen LogP contribution < -0.4 is 15.6 Å². The van der Waals surface area contributed by atoms with Crippen molar-refractivity contribution >= 4 is 22.7 Å². The van der Waals surface area contributed by atoms with Crippen molar-refractivity contribution in [2.45, 2.75) is 6.42 Å². The number of amides is 2. The zero-order valence-corrected chi connectivity index (χ0v) is 15.5. The number of carbonyl (C=O) groups is 2. The van der Waals surface area contributed by atoms with Gasteiger partial charge in [-0.15, -0.1) is 0 Å². The molecule has 0 fully saturated rings. The van der Waals surface area contributed by atoms with Gasteiger partial charge in [-0.05, 0) is 42.0 Å². The van der Waals surface area contributed by atoms with Gasteiger partial charge < -0.3 is 9.72 Å². The summed E-state index contributed by atoms with van der Waals surface area (Å²) in [6, 6.07) is 23.8. The van der Waals surface area contributed by atoms with Gasteiger partial charge in [0.15, 0.2) is 0 Å². The Morgan fingerprint density at radius 3 is 2.45 bits per heavy atom. The molecule has 4 aromatic rings. The third kappa shape index (κ3) is 4.44. The van der Waals surface area contributed by atoms with Crippen LogP contribution in [0, 0.1) is 0 Å².